The normalized spacial score (nSPS) is 19.4. The van der Waals surface area contributed by atoms with E-state index in [-0.39, 0.29) is 0 Å². The smallest absolute Gasteiger partial charge is 0.129 e. The van der Waals surface area contributed by atoms with Crippen molar-refractivity contribution in [1.82, 2.24) is 10.3 Å². The van der Waals surface area contributed by atoms with Gasteiger partial charge in [-0.3, -0.25) is 0 Å². The summed E-state index contributed by atoms with van der Waals surface area (Å²) >= 11 is 0. The molecule has 2 heterocycles. The Bertz CT molecular complexity index is 440. The number of hydrogen-bond acceptors (Lipinski definition) is 3. The number of pyridine rings is 1. The van der Waals surface area contributed by atoms with Gasteiger partial charge in [0.25, 0.3) is 0 Å². The molecule has 0 spiro atoms. The summed E-state index contributed by atoms with van der Waals surface area (Å²) in [5.74, 6) is 2.44. The fraction of sp³-hybridized carbons (Fsp3) is 0.706. The van der Waals surface area contributed by atoms with Crippen molar-refractivity contribution >= 4 is 5.82 Å². The van der Waals surface area contributed by atoms with Crippen LogP contribution in [0.2, 0.25) is 0 Å². The molecule has 1 N–H and O–H groups in total. The molecule has 0 aliphatic carbocycles. The van der Waals surface area contributed by atoms with Gasteiger partial charge in [-0.1, -0.05) is 34.6 Å². The Morgan fingerprint density at radius 2 is 2.05 bits per heavy atom. The van der Waals surface area contributed by atoms with E-state index in [1.165, 1.54) is 23.5 Å². The summed E-state index contributed by atoms with van der Waals surface area (Å²) in [6.45, 7) is 14.4. The number of nitrogens with one attached hydrogen (secondary N) is 1. The quantitative estimate of drug-likeness (QED) is 0.890. The maximum Gasteiger partial charge on any atom is 0.129 e. The standard InChI is InChI=1S/C17H29N3/c1-12(2)16-8-15(10-18-13(3)4)9-17(19-16)20-7-6-14(5)11-20/h8-9,12-14,18H,6-7,10-11H2,1-5H3. The van der Waals surface area contributed by atoms with Crippen LogP contribution in [0.15, 0.2) is 12.1 Å². The second-order valence-corrected chi connectivity index (χ2v) is 6.79. The predicted octanol–water partition coefficient (Wildman–Crippen LogP) is 3.55. The number of anilines is 1. The van der Waals surface area contributed by atoms with E-state index < -0.39 is 0 Å². The fourth-order valence-electron chi connectivity index (χ4n) is 2.62. The molecule has 0 saturated carbocycles. The van der Waals surface area contributed by atoms with Gasteiger partial charge >= 0.3 is 0 Å². The molecule has 1 aliphatic rings. The van der Waals surface area contributed by atoms with Crippen molar-refractivity contribution in [3.63, 3.8) is 0 Å². The summed E-state index contributed by atoms with van der Waals surface area (Å²) in [6, 6.07) is 5.03. The maximum absolute atomic E-state index is 4.87. The molecule has 1 aliphatic heterocycles. The van der Waals surface area contributed by atoms with Crippen LogP contribution in [0, 0.1) is 5.92 Å². The molecule has 0 aromatic carbocycles. The summed E-state index contributed by atoms with van der Waals surface area (Å²) in [5, 5.41) is 3.51. The Labute approximate surface area is 123 Å². The zero-order valence-corrected chi connectivity index (χ0v) is 13.6. The molecule has 3 nitrogen and oxygen atoms in total. The van der Waals surface area contributed by atoms with Gasteiger partial charge in [-0.05, 0) is 36.0 Å². The van der Waals surface area contributed by atoms with Gasteiger partial charge in [0.05, 0.1) is 0 Å². The van der Waals surface area contributed by atoms with Crippen LogP contribution in [-0.4, -0.2) is 24.1 Å². The van der Waals surface area contributed by atoms with E-state index >= 15 is 0 Å². The van der Waals surface area contributed by atoms with E-state index in [0.29, 0.717) is 12.0 Å². The first kappa shape index (κ1) is 15.3. The first-order valence-corrected chi connectivity index (χ1v) is 7.95. The highest BCUT2D eigenvalue weighted by atomic mass is 15.2. The van der Waals surface area contributed by atoms with Crippen molar-refractivity contribution in [2.24, 2.45) is 5.92 Å². The zero-order valence-electron chi connectivity index (χ0n) is 13.6. The van der Waals surface area contributed by atoms with Crippen LogP contribution in [0.25, 0.3) is 0 Å². The lowest BCUT2D eigenvalue weighted by atomic mass is 10.1. The third-order valence-corrected chi connectivity index (χ3v) is 3.95. The lowest BCUT2D eigenvalue weighted by Crippen LogP contribution is -2.24. The number of nitrogens with zero attached hydrogens (tertiary/aromatic N) is 2. The molecule has 3 heteroatoms. The highest BCUT2D eigenvalue weighted by Gasteiger charge is 2.21. The average Bonchev–Trinajstić information content (AvgIpc) is 2.82. The van der Waals surface area contributed by atoms with Crippen molar-refractivity contribution in [3.8, 4) is 0 Å². The summed E-state index contributed by atoms with van der Waals surface area (Å²) in [5.41, 5.74) is 2.56. The van der Waals surface area contributed by atoms with Gasteiger partial charge in [-0.2, -0.15) is 0 Å². The van der Waals surface area contributed by atoms with E-state index in [4.69, 9.17) is 4.98 Å². The molecule has 0 radical (unpaired) electrons. The Balaban J connectivity index is 2.21. The van der Waals surface area contributed by atoms with Crippen molar-refractivity contribution in [1.29, 1.82) is 0 Å². The van der Waals surface area contributed by atoms with Crippen LogP contribution in [0.5, 0.6) is 0 Å². The first-order chi connectivity index (χ1) is 9.45. The van der Waals surface area contributed by atoms with E-state index in [0.717, 1.165) is 25.6 Å². The summed E-state index contributed by atoms with van der Waals surface area (Å²) in [7, 11) is 0. The minimum Gasteiger partial charge on any atom is -0.356 e. The SMILES string of the molecule is CC1CCN(c2cc(CNC(C)C)cc(C(C)C)n2)C1. The summed E-state index contributed by atoms with van der Waals surface area (Å²) in [4.78, 5) is 7.31. The second kappa shape index (κ2) is 6.57. The lowest BCUT2D eigenvalue weighted by molar-refractivity contribution is 0.587. The van der Waals surface area contributed by atoms with Gasteiger partial charge < -0.3 is 10.2 Å². The van der Waals surface area contributed by atoms with Crippen LogP contribution in [0.3, 0.4) is 0 Å². The summed E-state index contributed by atoms with van der Waals surface area (Å²) < 4.78 is 0. The minimum atomic E-state index is 0.479. The van der Waals surface area contributed by atoms with Crippen LogP contribution in [-0.2, 0) is 6.54 Å². The van der Waals surface area contributed by atoms with Crippen LogP contribution < -0.4 is 10.2 Å². The fourth-order valence-corrected chi connectivity index (χ4v) is 2.62. The van der Waals surface area contributed by atoms with Gasteiger partial charge in [-0.25, -0.2) is 4.98 Å². The van der Waals surface area contributed by atoms with Gasteiger partial charge in [0.15, 0.2) is 0 Å². The highest BCUT2D eigenvalue weighted by molar-refractivity contribution is 5.44. The van der Waals surface area contributed by atoms with Gasteiger partial charge in [0, 0.05) is 31.4 Å². The number of aromatic nitrogens is 1. The second-order valence-electron chi connectivity index (χ2n) is 6.79. The average molecular weight is 275 g/mol. The Morgan fingerprint density at radius 3 is 2.60 bits per heavy atom. The number of rotatable bonds is 5. The molecule has 1 unspecified atom stereocenters. The number of hydrogen-bond donors (Lipinski definition) is 1. The Hall–Kier alpha value is -1.09. The van der Waals surface area contributed by atoms with Crippen molar-refractivity contribution in [3.05, 3.63) is 23.4 Å². The Morgan fingerprint density at radius 1 is 1.30 bits per heavy atom. The van der Waals surface area contributed by atoms with E-state index in [1.54, 1.807) is 0 Å². The van der Waals surface area contributed by atoms with E-state index in [9.17, 15) is 0 Å². The summed E-state index contributed by atoms with van der Waals surface area (Å²) in [6.07, 6.45) is 1.28. The highest BCUT2D eigenvalue weighted by Crippen LogP contribution is 2.25. The minimum absolute atomic E-state index is 0.479. The van der Waals surface area contributed by atoms with Crippen molar-refractivity contribution in [2.45, 2.75) is 59.5 Å². The molecule has 1 aromatic heterocycles. The van der Waals surface area contributed by atoms with Gasteiger partial charge in [-0.15, -0.1) is 0 Å². The third-order valence-electron chi connectivity index (χ3n) is 3.95. The predicted molar refractivity (Wildman–Crippen MR) is 86.3 cm³/mol. The molecular formula is C17H29N3. The molecule has 1 fully saturated rings. The molecule has 1 atom stereocenters. The molecule has 0 amide bonds. The van der Waals surface area contributed by atoms with Gasteiger partial charge in [0.1, 0.15) is 5.82 Å². The topological polar surface area (TPSA) is 28.2 Å². The van der Waals surface area contributed by atoms with E-state index in [1.807, 2.05) is 0 Å². The van der Waals surface area contributed by atoms with E-state index in [2.05, 4.69) is 57.0 Å². The van der Waals surface area contributed by atoms with Crippen LogP contribution in [0.4, 0.5) is 5.82 Å². The molecule has 2 rings (SSSR count). The molecule has 0 bridgehead atoms. The molecule has 1 saturated heterocycles. The molecule has 20 heavy (non-hydrogen) atoms. The van der Waals surface area contributed by atoms with Crippen LogP contribution in [0.1, 0.15) is 58.2 Å². The van der Waals surface area contributed by atoms with Crippen LogP contribution >= 0.6 is 0 Å². The zero-order chi connectivity index (χ0) is 14.7. The molecule has 1 aromatic rings. The van der Waals surface area contributed by atoms with Crippen molar-refractivity contribution in [2.75, 3.05) is 18.0 Å². The van der Waals surface area contributed by atoms with Crippen molar-refractivity contribution < 1.29 is 0 Å². The molecule has 112 valence electrons. The Kier molecular flexibility index (Phi) is 5.03. The monoisotopic (exact) mass is 275 g/mol. The lowest BCUT2D eigenvalue weighted by Gasteiger charge is -2.20. The molecular weight excluding hydrogens is 246 g/mol. The largest absolute Gasteiger partial charge is 0.356 e. The van der Waals surface area contributed by atoms with Gasteiger partial charge in [0.2, 0.25) is 0 Å². The third kappa shape index (κ3) is 3.95. The first-order valence-electron chi connectivity index (χ1n) is 7.95. The maximum atomic E-state index is 4.87.